The summed E-state index contributed by atoms with van der Waals surface area (Å²) >= 11 is 0. The van der Waals surface area contributed by atoms with Gasteiger partial charge < -0.3 is 9.67 Å². The lowest BCUT2D eigenvalue weighted by molar-refractivity contribution is -0.131. The van der Waals surface area contributed by atoms with Gasteiger partial charge in [0.25, 0.3) is 11.5 Å². The van der Waals surface area contributed by atoms with Crippen molar-refractivity contribution in [1.29, 1.82) is 0 Å². The molecule has 0 saturated heterocycles. The van der Waals surface area contributed by atoms with Crippen LogP contribution in [-0.4, -0.2) is 46.3 Å². The highest BCUT2D eigenvalue weighted by Crippen LogP contribution is 2.27. The van der Waals surface area contributed by atoms with E-state index in [-0.39, 0.29) is 24.6 Å². The number of amides is 1. The van der Waals surface area contributed by atoms with E-state index < -0.39 is 20.5 Å². The average Bonchev–Trinajstić information content (AvgIpc) is 2.70. The zero-order valence-corrected chi connectivity index (χ0v) is 17.8. The number of aromatic nitrogens is 1. The van der Waals surface area contributed by atoms with Gasteiger partial charge >= 0.3 is 0 Å². The molecule has 1 heterocycles. The Kier molecular flexibility index (Phi) is 6.16. The summed E-state index contributed by atoms with van der Waals surface area (Å²) in [6.07, 6.45) is 4.16. The summed E-state index contributed by atoms with van der Waals surface area (Å²) in [7, 11) is -3.83. The number of carbonyl (C=O) groups is 1. The molecule has 0 radical (unpaired) electrons. The van der Waals surface area contributed by atoms with Crippen molar-refractivity contribution in [3.05, 3.63) is 58.0 Å². The highest BCUT2D eigenvalue weighted by atomic mass is 32.2. The number of aliphatic hydroxyl groups is 1. The average molecular weight is 435 g/mol. The van der Waals surface area contributed by atoms with Crippen LogP contribution in [0.4, 0.5) is 0 Å². The first-order valence-electron chi connectivity index (χ1n) is 9.70. The van der Waals surface area contributed by atoms with Crippen molar-refractivity contribution in [3.63, 3.8) is 0 Å². The molecule has 9 heteroatoms. The van der Waals surface area contributed by atoms with E-state index in [9.17, 15) is 23.1 Å². The summed E-state index contributed by atoms with van der Waals surface area (Å²) in [6.45, 7) is 1.22. The minimum atomic E-state index is -3.83. The molecule has 2 aromatic rings. The summed E-state index contributed by atoms with van der Waals surface area (Å²) in [5.74, 6) is -1.03. The van der Waals surface area contributed by atoms with Crippen LogP contribution in [0.1, 0.15) is 30.9 Å². The van der Waals surface area contributed by atoms with Crippen molar-refractivity contribution in [2.24, 2.45) is 0 Å². The molecule has 1 aromatic heterocycles. The van der Waals surface area contributed by atoms with E-state index in [1.807, 2.05) is 18.2 Å². The number of pyridine rings is 1. The van der Waals surface area contributed by atoms with Crippen LogP contribution in [0.15, 0.2) is 41.3 Å². The topological polar surface area (TPSA) is 126 Å². The number of aliphatic hydroxyl groups excluding tert-OH is 1. The third-order valence-electron chi connectivity index (χ3n) is 5.97. The van der Waals surface area contributed by atoms with Crippen LogP contribution in [0.5, 0.6) is 0 Å². The molecule has 162 valence electrons. The van der Waals surface area contributed by atoms with Gasteiger partial charge in [-0.1, -0.05) is 18.2 Å². The second kappa shape index (κ2) is 8.33. The Hall–Kier alpha value is -2.49. The first kappa shape index (κ1) is 22.2. The van der Waals surface area contributed by atoms with E-state index in [0.717, 1.165) is 35.8 Å². The maximum absolute atomic E-state index is 12.6. The molecule has 1 aliphatic carbocycles. The molecule has 3 rings (SSSR count). The van der Waals surface area contributed by atoms with E-state index in [0.29, 0.717) is 6.42 Å². The highest BCUT2D eigenvalue weighted by molar-refractivity contribution is 7.92. The van der Waals surface area contributed by atoms with Gasteiger partial charge in [0.2, 0.25) is 0 Å². The number of sulfone groups is 1. The predicted octanol–water partition coefficient (Wildman–Crippen LogP) is 1.06. The van der Waals surface area contributed by atoms with E-state index >= 15 is 0 Å². The first-order valence-corrected chi connectivity index (χ1v) is 11.6. The van der Waals surface area contributed by atoms with Crippen LogP contribution in [-0.2, 0) is 34.0 Å². The van der Waals surface area contributed by atoms with Gasteiger partial charge in [0.05, 0.1) is 6.10 Å². The van der Waals surface area contributed by atoms with Gasteiger partial charge in [-0.25, -0.2) is 13.9 Å². The minimum absolute atomic E-state index is 0.00181. The summed E-state index contributed by atoms with van der Waals surface area (Å²) < 4.78 is 23.6. The SMILES string of the molecule is CC(CCn1ccc(-c2ccc3c(c2)CCC(O)C3)cc1=O)(C(=O)NO)S(C)(=O)=O. The van der Waals surface area contributed by atoms with Crippen molar-refractivity contribution < 1.29 is 23.5 Å². The maximum Gasteiger partial charge on any atom is 0.264 e. The third-order valence-corrected chi connectivity index (χ3v) is 7.99. The number of hydrogen-bond acceptors (Lipinski definition) is 6. The Bertz CT molecular complexity index is 1120. The summed E-state index contributed by atoms with van der Waals surface area (Å²) in [4.78, 5) is 24.5. The van der Waals surface area contributed by atoms with E-state index in [1.165, 1.54) is 28.6 Å². The summed E-state index contributed by atoms with van der Waals surface area (Å²) in [6, 6.07) is 9.17. The molecule has 30 heavy (non-hydrogen) atoms. The minimum Gasteiger partial charge on any atom is -0.393 e. The Labute approximate surface area is 175 Å². The Morgan fingerprint density at radius 1 is 1.23 bits per heavy atom. The molecule has 2 atom stereocenters. The van der Waals surface area contributed by atoms with Crippen LogP contribution >= 0.6 is 0 Å². The molecule has 3 N–H and O–H groups in total. The number of hydrogen-bond donors (Lipinski definition) is 3. The smallest absolute Gasteiger partial charge is 0.264 e. The van der Waals surface area contributed by atoms with Crippen LogP contribution < -0.4 is 11.0 Å². The summed E-state index contributed by atoms with van der Waals surface area (Å²) in [5, 5.41) is 18.7. The standard InChI is InChI=1S/C21H26N2O6S/c1-21(20(26)22-27,30(2,28)29)8-10-23-9-7-17(13-19(23)25)14-3-4-16-12-18(24)6-5-15(16)11-14/h3-4,7,9,11,13,18,24,27H,5-6,8,10,12H2,1-2H3,(H,22,26). The summed E-state index contributed by atoms with van der Waals surface area (Å²) in [5.41, 5.74) is 5.01. The number of nitrogens with one attached hydrogen (secondary N) is 1. The van der Waals surface area contributed by atoms with Crippen LogP contribution in [0.25, 0.3) is 11.1 Å². The van der Waals surface area contributed by atoms with Gasteiger partial charge in [-0.3, -0.25) is 14.8 Å². The van der Waals surface area contributed by atoms with Crippen molar-refractivity contribution in [2.75, 3.05) is 6.26 Å². The number of hydroxylamine groups is 1. The highest BCUT2D eigenvalue weighted by Gasteiger charge is 2.43. The normalized spacial score (nSPS) is 18.3. The Morgan fingerprint density at radius 2 is 1.93 bits per heavy atom. The molecule has 1 aliphatic rings. The van der Waals surface area contributed by atoms with Gasteiger partial charge in [0.15, 0.2) is 14.6 Å². The fraction of sp³-hybridized carbons (Fsp3) is 0.429. The lowest BCUT2D eigenvalue weighted by Crippen LogP contribution is -2.49. The molecule has 1 aromatic carbocycles. The molecule has 8 nitrogen and oxygen atoms in total. The van der Waals surface area contributed by atoms with Gasteiger partial charge in [0, 0.05) is 25.1 Å². The number of carbonyl (C=O) groups excluding carboxylic acids is 1. The number of aryl methyl sites for hydroxylation is 2. The lowest BCUT2D eigenvalue weighted by Gasteiger charge is -2.25. The van der Waals surface area contributed by atoms with Crippen LogP contribution in [0.2, 0.25) is 0 Å². The van der Waals surface area contributed by atoms with Crippen molar-refractivity contribution in [3.8, 4) is 11.1 Å². The number of fused-ring (bicyclic) bond motifs is 1. The fourth-order valence-corrected chi connectivity index (χ4v) is 4.55. The molecule has 0 fully saturated rings. The van der Waals surface area contributed by atoms with Crippen LogP contribution in [0, 0.1) is 0 Å². The zero-order chi connectivity index (χ0) is 22.1. The molecular weight excluding hydrogens is 408 g/mol. The molecule has 1 amide bonds. The van der Waals surface area contributed by atoms with E-state index in [4.69, 9.17) is 5.21 Å². The van der Waals surface area contributed by atoms with Crippen molar-refractivity contribution >= 4 is 15.7 Å². The maximum atomic E-state index is 12.6. The first-order chi connectivity index (χ1) is 14.0. The Morgan fingerprint density at radius 3 is 2.57 bits per heavy atom. The van der Waals surface area contributed by atoms with E-state index in [1.54, 1.807) is 12.3 Å². The predicted molar refractivity (Wildman–Crippen MR) is 112 cm³/mol. The largest absolute Gasteiger partial charge is 0.393 e. The molecule has 0 spiro atoms. The Balaban J connectivity index is 1.82. The number of nitrogens with zero attached hydrogens (tertiary/aromatic N) is 1. The van der Waals surface area contributed by atoms with E-state index in [2.05, 4.69) is 0 Å². The van der Waals surface area contributed by atoms with Gasteiger partial charge in [-0.2, -0.15) is 0 Å². The number of rotatable bonds is 6. The van der Waals surface area contributed by atoms with Crippen molar-refractivity contribution in [1.82, 2.24) is 10.0 Å². The quantitative estimate of drug-likeness (QED) is 0.461. The molecule has 0 saturated carbocycles. The molecular formula is C21H26N2O6S. The number of benzene rings is 1. The van der Waals surface area contributed by atoms with Gasteiger partial charge in [0.1, 0.15) is 0 Å². The second-order valence-electron chi connectivity index (χ2n) is 8.02. The molecule has 2 unspecified atom stereocenters. The lowest BCUT2D eigenvalue weighted by atomic mass is 9.88. The van der Waals surface area contributed by atoms with Crippen LogP contribution in [0.3, 0.4) is 0 Å². The van der Waals surface area contributed by atoms with Gasteiger partial charge in [-0.05, 0) is 60.9 Å². The van der Waals surface area contributed by atoms with Crippen molar-refractivity contribution in [2.45, 2.75) is 50.0 Å². The molecule has 0 bridgehead atoms. The fourth-order valence-electron chi connectivity index (χ4n) is 3.71. The molecule has 0 aliphatic heterocycles. The third kappa shape index (κ3) is 4.33. The second-order valence-corrected chi connectivity index (χ2v) is 10.5. The zero-order valence-electron chi connectivity index (χ0n) is 17.0. The van der Waals surface area contributed by atoms with Gasteiger partial charge in [-0.15, -0.1) is 0 Å². The monoisotopic (exact) mass is 434 g/mol.